The fraction of sp³-hybridized carbons (Fsp3) is 0.312. The number of rotatable bonds is 4. The van der Waals surface area contributed by atoms with E-state index in [0.29, 0.717) is 17.7 Å². The first-order valence-corrected chi connectivity index (χ1v) is 7.91. The molecule has 0 fully saturated rings. The van der Waals surface area contributed by atoms with Gasteiger partial charge in [-0.05, 0) is 54.5 Å². The summed E-state index contributed by atoms with van der Waals surface area (Å²) in [6, 6.07) is 6.65. The SMILES string of the molecule is NC(=O)c1ccc(F)c(CNC2CCCc3sccc32)c1. The molecule has 0 aliphatic heterocycles. The number of carbonyl (C=O) groups is 1. The van der Waals surface area contributed by atoms with E-state index in [1.807, 2.05) is 0 Å². The number of thiophene rings is 1. The number of aryl methyl sites for hydroxylation is 1. The zero-order valence-corrected chi connectivity index (χ0v) is 12.4. The topological polar surface area (TPSA) is 55.1 Å². The Morgan fingerprint density at radius 1 is 1.43 bits per heavy atom. The summed E-state index contributed by atoms with van der Waals surface area (Å²) < 4.78 is 13.8. The fourth-order valence-corrected chi connectivity index (χ4v) is 3.78. The summed E-state index contributed by atoms with van der Waals surface area (Å²) in [5, 5.41) is 5.51. The van der Waals surface area contributed by atoms with Crippen molar-refractivity contribution < 1.29 is 9.18 Å². The maximum atomic E-state index is 13.8. The highest BCUT2D eigenvalue weighted by Crippen LogP contribution is 2.33. The van der Waals surface area contributed by atoms with Gasteiger partial charge in [-0.25, -0.2) is 4.39 Å². The molecule has 1 aromatic carbocycles. The van der Waals surface area contributed by atoms with E-state index < -0.39 is 5.91 Å². The minimum atomic E-state index is -0.533. The van der Waals surface area contributed by atoms with Crippen molar-refractivity contribution >= 4 is 17.2 Å². The van der Waals surface area contributed by atoms with Crippen molar-refractivity contribution in [2.24, 2.45) is 5.73 Å². The van der Waals surface area contributed by atoms with Crippen LogP contribution in [0.5, 0.6) is 0 Å². The number of fused-ring (bicyclic) bond motifs is 1. The highest BCUT2D eigenvalue weighted by molar-refractivity contribution is 7.10. The Morgan fingerprint density at radius 3 is 3.10 bits per heavy atom. The second-order valence-electron chi connectivity index (χ2n) is 5.30. The molecule has 1 heterocycles. The Kier molecular flexibility index (Phi) is 4.03. The van der Waals surface area contributed by atoms with E-state index in [1.165, 1.54) is 28.6 Å². The molecule has 0 radical (unpaired) electrons. The third-order valence-corrected chi connectivity index (χ3v) is 4.92. The first kappa shape index (κ1) is 14.2. The van der Waals surface area contributed by atoms with Crippen molar-refractivity contribution in [3.63, 3.8) is 0 Å². The van der Waals surface area contributed by atoms with E-state index in [9.17, 15) is 9.18 Å². The van der Waals surface area contributed by atoms with Gasteiger partial charge in [0.15, 0.2) is 0 Å². The molecule has 110 valence electrons. The summed E-state index contributed by atoms with van der Waals surface area (Å²) in [6.45, 7) is 0.396. The van der Waals surface area contributed by atoms with E-state index in [0.717, 1.165) is 19.3 Å². The van der Waals surface area contributed by atoms with Gasteiger partial charge in [0.2, 0.25) is 5.91 Å². The summed E-state index contributed by atoms with van der Waals surface area (Å²) in [5.74, 6) is -0.845. The number of hydrogen-bond acceptors (Lipinski definition) is 3. The fourth-order valence-electron chi connectivity index (χ4n) is 2.80. The Balaban J connectivity index is 1.74. The summed E-state index contributed by atoms with van der Waals surface area (Å²) in [6.07, 6.45) is 3.34. The van der Waals surface area contributed by atoms with E-state index >= 15 is 0 Å². The molecule has 1 amide bonds. The molecule has 3 nitrogen and oxygen atoms in total. The lowest BCUT2D eigenvalue weighted by molar-refractivity contribution is 0.1000. The monoisotopic (exact) mass is 304 g/mol. The molecule has 1 aliphatic carbocycles. The molecule has 0 saturated heterocycles. The van der Waals surface area contributed by atoms with Crippen LogP contribution in [0.25, 0.3) is 0 Å². The molecule has 0 bridgehead atoms. The van der Waals surface area contributed by atoms with Crippen molar-refractivity contribution in [1.82, 2.24) is 5.32 Å². The average Bonchev–Trinajstić information content (AvgIpc) is 2.95. The van der Waals surface area contributed by atoms with Gasteiger partial charge in [-0.3, -0.25) is 4.79 Å². The molecule has 1 aliphatic rings. The van der Waals surface area contributed by atoms with Crippen LogP contribution in [0.15, 0.2) is 29.6 Å². The van der Waals surface area contributed by atoms with E-state index in [1.54, 1.807) is 11.3 Å². The van der Waals surface area contributed by atoms with Crippen molar-refractivity contribution in [1.29, 1.82) is 0 Å². The Hall–Kier alpha value is -1.72. The van der Waals surface area contributed by atoms with Gasteiger partial charge in [-0.1, -0.05) is 0 Å². The molecule has 0 spiro atoms. The largest absolute Gasteiger partial charge is 0.366 e. The molecule has 1 atom stereocenters. The second-order valence-corrected chi connectivity index (χ2v) is 6.30. The van der Waals surface area contributed by atoms with Crippen LogP contribution in [0.4, 0.5) is 4.39 Å². The van der Waals surface area contributed by atoms with Crippen LogP contribution < -0.4 is 11.1 Å². The molecular weight excluding hydrogens is 287 g/mol. The standard InChI is InChI=1S/C16H17FN2OS/c17-13-5-4-10(16(18)20)8-11(13)9-19-14-2-1-3-15-12(14)6-7-21-15/h4-8,14,19H,1-3,9H2,(H2,18,20). The quantitative estimate of drug-likeness (QED) is 0.911. The smallest absolute Gasteiger partial charge is 0.248 e. The maximum Gasteiger partial charge on any atom is 0.248 e. The summed E-state index contributed by atoms with van der Waals surface area (Å²) in [7, 11) is 0. The maximum absolute atomic E-state index is 13.8. The molecule has 3 rings (SSSR count). The number of carbonyl (C=O) groups excluding carboxylic acids is 1. The minimum absolute atomic E-state index is 0.261. The number of benzene rings is 1. The third kappa shape index (κ3) is 2.99. The summed E-state index contributed by atoms with van der Waals surface area (Å²) in [5.41, 5.74) is 7.39. The van der Waals surface area contributed by atoms with Gasteiger partial charge in [0.25, 0.3) is 0 Å². The Labute approximate surface area is 127 Å². The molecule has 0 saturated carbocycles. The predicted octanol–water partition coefficient (Wildman–Crippen LogP) is 3.15. The Morgan fingerprint density at radius 2 is 2.29 bits per heavy atom. The normalized spacial score (nSPS) is 17.5. The van der Waals surface area contributed by atoms with E-state index in [-0.39, 0.29) is 11.9 Å². The van der Waals surface area contributed by atoms with Gasteiger partial charge in [0.05, 0.1) is 0 Å². The van der Waals surface area contributed by atoms with Gasteiger partial charge in [-0.2, -0.15) is 0 Å². The molecule has 3 N–H and O–H groups in total. The summed E-state index contributed by atoms with van der Waals surface area (Å²) >= 11 is 1.79. The van der Waals surface area contributed by atoms with Gasteiger partial charge >= 0.3 is 0 Å². The van der Waals surface area contributed by atoms with Gasteiger partial charge < -0.3 is 11.1 Å². The lowest BCUT2D eigenvalue weighted by Crippen LogP contribution is -2.24. The van der Waals surface area contributed by atoms with Crippen LogP contribution in [0.3, 0.4) is 0 Å². The van der Waals surface area contributed by atoms with Crippen molar-refractivity contribution in [2.75, 3.05) is 0 Å². The number of primary amides is 1. The zero-order chi connectivity index (χ0) is 14.8. The van der Waals surface area contributed by atoms with Gasteiger partial charge in [0, 0.05) is 28.6 Å². The van der Waals surface area contributed by atoms with Crippen LogP contribution in [-0.2, 0) is 13.0 Å². The van der Waals surface area contributed by atoms with Crippen LogP contribution in [0.1, 0.15) is 45.2 Å². The van der Waals surface area contributed by atoms with Crippen LogP contribution >= 0.6 is 11.3 Å². The van der Waals surface area contributed by atoms with E-state index in [4.69, 9.17) is 5.73 Å². The third-order valence-electron chi connectivity index (χ3n) is 3.92. The number of nitrogens with one attached hydrogen (secondary N) is 1. The van der Waals surface area contributed by atoms with Crippen LogP contribution in [0, 0.1) is 5.82 Å². The lowest BCUT2D eigenvalue weighted by Gasteiger charge is -2.24. The van der Waals surface area contributed by atoms with Gasteiger partial charge in [0.1, 0.15) is 5.82 Å². The molecule has 1 aromatic heterocycles. The molecule has 5 heteroatoms. The first-order chi connectivity index (χ1) is 10.1. The zero-order valence-electron chi connectivity index (χ0n) is 11.6. The van der Waals surface area contributed by atoms with Crippen molar-refractivity contribution in [2.45, 2.75) is 31.8 Å². The predicted molar refractivity (Wildman–Crippen MR) is 81.8 cm³/mol. The molecule has 21 heavy (non-hydrogen) atoms. The number of nitrogens with two attached hydrogens (primary N) is 1. The van der Waals surface area contributed by atoms with E-state index in [2.05, 4.69) is 16.8 Å². The van der Waals surface area contributed by atoms with Crippen molar-refractivity contribution in [3.8, 4) is 0 Å². The second kappa shape index (κ2) is 5.95. The summed E-state index contributed by atoms with van der Waals surface area (Å²) in [4.78, 5) is 12.6. The highest BCUT2D eigenvalue weighted by Gasteiger charge is 2.21. The highest BCUT2D eigenvalue weighted by atomic mass is 32.1. The number of halogens is 1. The average molecular weight is 304 g/mol. The minimum Gasteiger partial charge on any atom is -0.366 e. The molecule has 1 unspecified atom stereocenters. The number of amides is 1. The first-order valence-electron chi connectivity index (χ1n) is 7.03. The van der Waals surface area contributed by atoms with Gasteiger partial charge in [-0.15, -0.1) is 11.3 Å². The molecule has 2 aromatic rings. The lowest BCUT2D eigenvalue weighted by atomic mass is 9.94. The van der Waals surface area contributed by atoms with Crippen molar-refractivity contribution in [3.05, 3.63) is 57.0 Å². The Bertz CT molecular complexity index is 668. The number of hydrogen-bond donors (Lipinski definition) is 2. The van der Waals surface area contributed by atoms with Crippen LogP contribution in [0.2, 0.25) is 0 Å². The molecular formula is C16H17FN2OS. The van der Waals surface area contributed by atoms with Crippen LogP contribution in [-0.4, -0.2) is 5.91 Å².